The Morgan fingerprint density at radius 2 is 1.79 bits per heavy atom. The molecule has 0 spiro atoms. The number of nitrogens with zero attached hydrogens (tertiary/aromatic N) is 1. The molecule has 0 aromatic heterocycles. The number of piperazine rings is 1. The zero-order chi connectivity index (χ0) is 9.80. The summed E-state index contributed by atoms with van der Waals surface area (Å²) >= 11 is 0. The molecule has 0 unspecified atom stereocenters. The zero-order valence-corrected chi connectivity index (χ0v) is 8.74. The molecule has 0 radical (unpaired) electrons. The Hall–Kier alpha value is -0.860. The first-order chi connectivity index (χ1) is 6.88. The van der Waals surface area contributed by atoms with Crippen molar-refractivity contribution in [1.29, 1.82) is 0 Å². The van der Waals surface area contributed by atoms with Crippen molar-refractivity contribution >= 4 is 0 Å². The predicted molar refractivity (Wildman–Crippen MR) is 59.3 cm³/mol. The van der Waals surface area contributed by atoms with Crippen LogP contribution in [0, 0.1) is 0 Å². The van der Waals surface area contributed by atoms with Crippen molar-refractivity contribution < 1.29 is 0 Å². The third kappa shape index (κ3) is 2.14. The van der Waals surface area contributed by atoms with Crippen LogP contribution in [0.25, 0.3) is 0 Å². The molecule has 2 nitrogen and oxygen atoms in total. The van der Waals surface area contributed by atoms with E-state index in [2.05, 4.69) is 47.5 Å². The highest BCUT2D eigenvalue weighted by atomic mass is 15.2. The lowest BCUT2D eigenvalue weighted by atomic mass is 10.1. The summed E-state index contributed by atoms with van der Waals surface area (Å²) in [5.74, 6) is 0. The van der Waals surface area contributed by atoms with E-state index in [0.29, 0.717) is 6.04 Å². The van der Waals surface area contributed by atoms with Crippen LogP contribution >= 0.6 is 0 Å². The molecule has 0 amide bonds. The van der Waals surface area contributed by atoms with E-state index in [1.807, 2.05) is 0 Å². The van der Waals surface area contributed by atoms with Crippen molar-refractivity contribution in [3.05, 3.63) is 35.9 Å². The van der Waals surface area contributed by atoms with E-state index < -0.39 is 0 Å². The smallest absolute Gasteiger partial charge is 0.0320 e. The Labute approximate surface area is 85.9 Å². The maximum atomic E-state index is 3.38. The molecule has 1 atom stereocenters. The monoisotopic (exact) mass is 190 g/mol. The highest BCUT2D eigenvalue weighted by molar-refractivity contribution is 5.18. The first-order valence-electron chi connectivity index (χ1n) is 5.37. The lowest BCUT2D eigenvalue weighted by Crippen LogP contribution is -2.44. The molecule has 2 heteroatoms. The molecule has 76 valence electrons. The van der Waals surface area contributed by atoms with Crippen molar-refractivity contribution in [2.45, 2.75) is 13.0 Å². The van der Waals surface area contributed by atoms with E-state index in [9.17, 15) is 0 Å². The first-order valence-corrected chi connectivity index (χ1v) is 5.37. The summed E-state index contributed by atoms with van der Waals surface area (Å²) in [6.07, 6.45) is 0. The molecular formula is C12H18N2. The average molecular weight is 190 g/mol. The largest absolute Gasteiger partial charge is 0.314 e. The van der Waals surface area contributed by atoms with E-state index in [0.717, 1.165) is 26.2 Å². The summed E-state index contributed by atoms with van der Waals surface area (Å²) in [6, 6.07) is 11.3. The van der Waals surface area contributed by atoms with Crippen LogP contribution in [0.4, 0.5) is 0 Å². The Morgan fingerprint density at radius 1 is 1.14 bits per heavy atom. The minimum Gasteiger partial charge on any atom is -0.314 e. The van der Waals surface area contributed by atoms with Crippen molar-refractivity contribution in [1.82, 2.24) is 10.2 Å². The molecule has 0 aliphatic carbocycles. The van der Waals surface area contributed by atoms with Gasteiger partial charge in [-0.25, -0.2) is 0 Å². The number of nitrogens with one attached hydrogen (secondary N) is 1. The fourth-order valence-corrected chi connectivity index (χ4v) is 2.01. The highest BCUT2D eigenvalue weighted by Crippen LogP contribution is 2.19. The molecular weight excluding hydrogens is 172 g/mol. The van der Waals surface area contributed by atoms with Gasteiger partial charge < -0.3 is 5.32 Å². The Balaban J connectivity index is 2.03. The van der Waals surface area contributed by atoms with Crippen LogP contribution in [-0.2, 0) is 0 Å². The van der Waals surface area contributed by atoms with Gasteiger partial charge in [-0.2, -0.15) is 0 Å². The average Bonchev–Trinajstić information content (AvgIpc) is 2.30. The van der Waals surface area contributed by atoms with Crippen LogP contribution in [0.15, 0.2) is 30.3 Å². The predicted octanol–water partition coefficient (Wildman–Crippen LogP) is 1.65. The van der Waals surface area contributed by atoms with E-state index in [-0.39, 0.29) is 0 Å². The Bertz CT molecular complexity index is 265. The first kappa shape index (κ1) is 9.69. The Kier molecular flexibility index (Phi) is 3.17. The van der Waals surface area contributed by atoms with E-state index in [1.54, 1.807) is 0 Å². The van der Waals surface area contributed by atoms with Crippen LogP contribution in [0.1, 0.15) is 18.5 Å². The molecule has 1 aliphatic rings. The van der Waals surface area contributed by atoms with Crippen LogP contribution in [-0.4, -0.2) is 31.1 Å². The second-order valence-electron chi connectivity index (χ2n) is 3.87. The van der Waals surface area contributed by atoms with Gasteiger partial charge >= 0.3 is 0 Å². The minimum absolute atomic E-state index is 0.554. The maximum Gasteiger partial charge on any atom is 0.0320 e. The number of hydrogen-bond acceptors (Lipinski definition) is 2. The van der Waals surface area contributed by atoms with Crippen LogP contribution in [0.2, 0.25) is 0 Å². The molecule has 0 saturated carbocycles. The summed E-state index contributed by atoms with van der Waals surface area (Å²) in [7, 11) is 0. The molecule has 14 heavy (non-hydrogen) atoms. The zero-order valence-electron chi connectivity index (χ0n) is 8.74. The summed E-state index contributed by atoms with van der Waals surface area (Å²) < 4.78 is 0. The second-order valence-corrected chi connectivity index (χ2v) is 3.87. The van der Waals surface area contributed by atoms with Gasteiger partial charge in [-0.1, -0.05) is 30.3 Å². The quantitative estimate of drug-likeness (QED) is 0.763. The summed E-state index contributed by atoms with van der Waals surface area (Å²) in [6.45, 7) is 6.86. The van der Waals surface area contributed by atoms with Gasteiger partial charge in [0.1, 0.15) is 0 Å². The van der Waals surface area contributed by atoms with Gasteiger partial charge in [0.05, 0.1) is 0 Å². The highest BCUT2D eigenvalue weighted by Gasteiger charge is 2.16. The van der Waals surface area contributed by atoms with Gasteiger partial charge in [0.15, 0.2) is 0 Å². The van der Waals surface area contributed by atoms with Gasteiger partial charge in [-0.15, -0.1) is 0 Å². The van der Waals surface area contributed by atoms with E-state index in [1.165, 1.54) is 5.56 Å². The fraction of sp³-hybridized carbons (Fsp3) is 0.500. The third-order valence-electron chi connectivity index (χ3n) is 2.98. The third-order valence-corrected chi connectivity index (χ3v) is 2.98. The lowest BCUT2D eigenvalue weighted by Gasteiger charge is -2.33. The van der Waals surface area contributed by atoms with Crippen molar-refractivity contribution in [2.24, 2.45) is 0 Å². The molecule has 1 N–H and O–H groups in total. The van der Waals surface area contributed by atoms with Crippen LogP contribution in [0.5, 0.6) is 0 Å². The van der Waals surface area contributed by atoms with Gasteiger partial charge in [0, 0.05) is 32.2 Å². The number of benzene rings is 1. The molecule has 2 rings (SSSR count). The Morgan fingerprint density at radius 3 is 2.43 bits per heavy atom. The number of hydrogen-bond donors (Lipinski definition) is 1. The van der Waals surface area contributed by atoms with E-state index in [4.69, 9.17) is 0 Å². The van der Waals surface area contributed by atoms with Crippen molar-refractivity contribution in [3.63, 3.8) is 0 Å². The fourth-order valence-electron chi connectivity index (χ4n) is 2.01. The van der Waals surface area contributed by atoms with Gasteiger partial charge in [0.2, 0.25) is 0 Å². The summed E-state index contributed by atoms with van der Waals surface area (Å²) in [5.41, 5.74) is 1.43. The SMILES string of the molecule is C[C@@H](c1ccccc1)N1CCNCC1. The summed E-state index contributed by atoms with van der Waals surface area (Å²) in [5, 5.41) is 3.38. The van der Waals surface area contributed by atoms with Gasteiger partial charge in [0.25, 0.3) is 0 Å². The molecule has 1 aromatic carbocycles. The topological polar surface area (TPSA) is 15.3 Å². The molecule has 1 fully saturated rings. The van der Waals surface area contributed by atoms with E-state index >= 15 is 0 Å². The summed E-state index contributed by atoms with van der Waals surface area (Å²) in [4.78, 5) is 2.53. The van der Waals surface area contributed by atoms with Crippen LogP contribution < -0.4 is 5.32 Å². The number of rotatable bonds is 2. The minimum atomic E-state index is 0.554. The lowest BCUT2D eigenvalue weighted by molar-refractivity contribution is 0.185. The molecule has 0 bridgehead atoms. The van der Waals surface area contributed by atoms with Crippen molar-refractivity contribution in [3.8, 4) is 0 Å². The van der Waals surface area contributed by atoms with Crippen molar-refractivity contribution in [2.75, 3.05) is 26.2 Å². The molecule has 1 saturated heterocycles. The van der Waals surface area contributed by atoms with Crippen LogP contribution in [0.3, 0.4) is 0 Å². The molecule has 1 aromatic rings. The molecule has 1 aliphatic heterocycles. The molecule has 1 heterocycles. The normalized spacial score (nSPS) is 20.6. The van der Waals surface area contributed by atoms with Gasteiger partial charge in [-0.05, 0) is 12.5 Å². The maximum absolute atomic E-state index is 3.38. The van der Waals surface area contributed by atoms with Gasteiger partial charge in [-0.3, -0.25) is 4.90 Å². The second kappa shape index (κ2) is 4.58. The standard InChI is InChI=1S/C12H18N2/c1-11(12-5-3-2-4-6-12)14-9-7-13-8-10-14/h2-6,11,13H,7-10H2,1H3/t11-/m0/s1.